The van der Waals surface area contributed by atoms with Crippen LogP contribution in [0.1, 0.15) is 45.4 Å². The molecule has 2 rings (SSSR count). The molecule has 2 nitrogen and oxygen atoms in total. The minimum atomic E-state index is 0.600. The molecule has 0 spiro atoms. The van der Waals surface area contributed by atoms with Crippen molar-refractivity contribution in [2.24, 2.45) is 5.92 Å². The van der Waals surface area contributed by atoms with Crippen molar-refractivity contribution < 1.29 is 0 Å². The summed E-state index contributed by atoms with van der Waals surface area (Å²) < 4.78 is 2.33. The van der Waals surface area contributed by atoms with E-state index in [0.29, 0.717) is 11.8 Å². The van der Waals surface area contributed by atoms with Crippen LogP contribution in [0.2, 0.25) is 5.02 Å². The first-order valence-corrected chi connectivity index (χ1v) is 8.81. The lowest BCUT2D eigenvalue weighted by atomic mass is 9.99. The van der Waals surface area contributed by atoms with Gasteiger partial charge in [0, 0.05) is 23.9 Å². The van der Waals surface area contributed by atoms with Gasteiger partial charge in [-0.15, -0.1) is 11.6 Å². The highest BCUT2D eigenvalue weighted by Gasteiger charge is 2.14. The second kappa shape index (κ2) is 8.05. The summed E-state index contributed by atoms with van der Waals surface area (Å²) in [4.78, 5) is 4.73. The molecule has 21 heavy (non-hydrogen) atoms. The maximum absolute atomic E-state index is 6.16. The van der Waals surface area contributed by atoms with E-state index in [0.717, 1.165) is 34.8 Å². The van der Waals surface area contributed by atoms with Gasteiger partial charge in [0.1, 0.15) is 5.82 Å². The van der Waals surface area contributed by atoms with Crippen molar-refractivity contribution in [1.82, 2.24) is 9.55 Å². The van der Waals surface area contributed by atoms with Gasteiger partial charge in [-0.05, 0) is 30.5 Å². The highest BCUT2D eigenvalue weighted by molar-refractivity contribution is 6.31. The SMILES string of the molecule is CCCCC(CC)Cn1c(CCCl)nc2ccc(Cl)cc21. The number of rotatable bonds is 8. The third-order valence-corrected chi connectivity index (χ3v) is 4.52. The molecule has 2 aromatic rings. The highest BCUT2D eigenvalue weighted by atomic mass is 35.5. The largest absolute Gasteiger partial charge is 0.328 e. The van der Waals surface area contributed by atoms with Crippen LogP contribution >= 0.6 is 23.2 Å². The molecule has 0 amide bonds. The number of unbranched alkanes of at least 4 members (excludes halogenated alkanes) is 1. The first-order chi connectivity index (χ1) is 10.2. The average Bonchev–Trinajstić information content (AvgIpc) is 2.81. The summed E-state index contributed by atoms with van der Waals surface area (Å²) in [5.74, 6) is 2.37. The summed E-state index contributed by atoms with van der Waals surface area (Å²) in [6, 6.07) is 5.92. The summed E-state index contributed by atoms with van der Waals surface area (Å²) in [6.07, 6.45) is 5.81. The fourth-order valence-electron chi connectivity index (χ4n) is 2.80. The van der Waals surface area contributed by atoms with Crippen LogP contribution in [-0.2, 0) is 13.0 Å². The van der Waals surface area contributed by atoms with Crippen molar-refractivity contribution in [2.45, 2.75) is 52.5 Å². The Morgan fingerprint density at radius 1 is 1.29 bits per heavy atom. The van der Waals surface area contributed by atoms with Crippen LogP contribution in [0.15, 0.2) is 18.2 Å². The Hall–Kier alpha value is -0.730. The van der Waals surface area contributed by atoms with Crippen LogP contribution in [0.4, 0.5) is 0 Å². The lowest BCUT2D eigenvalue weighted by Gasteiger charge is -2.17. The zero-order chi connectivity index (χ0) is 15.2. The zero-order valence-electron chi connectivity index (χ0n) is 12.9. The lowest BCUT2D eigenvalue weighted by molar-refractivity contribution is 0.390. The lowest BCUT2D eigenvalue weighted by Crippen LogP contribution is -2.13. The Balaban J connectivity index is 2.34. The fourth-order valence-corrected chi connectivity index (χ4v) is 3.14. The van der Waals surface area contributed by atoms with Crippen LogP contribution in [0.3, 0.4) is 0 Å². The smallest absolute Gasteiger partial charge is 0.111 e. The molecule has 1 aromatic carbocycles. The number of imidazole rings is 1. The Morgan fingerprint density at radius 2 is 2.10 bits per heavy atom. The van der Waals surface area contributed by atoms with Crippen LogP contribution < -0.4 is 0 Å². The standard InChI is InChI=1S/C17H24Cl2N2/c1-3-5-6-13(4-2)12-21-16-11-14(19)7-8-15(16)20-17(21)9-10-18/h7-8,11,13H,3-6,9-10,12H2,1-2H3. The van der Waals surface area contributed by atoms with Gasteiger partial charge in [-0.3, -0.25) is 0 Å². The number of hydrogen-bond acceptors (Lipinski definition) is 1. The Bertz CT molecular complexity index is 577. The van der Waals surface area contributed by atoms with E-state index in [2.05, 4.69) is 18.4 Å². The van der Waals surface area contributed by atoms with Crippen LogP contribution in [0.25, 0.3) is 11.0 Å². The summed E-state index contributed by atoms with van der Waals surface area (Å²) in [5.41, 5.74) is 2.16. The molecule has 0 aliphatic carbocycles. The van der Waals surface area contributed by atoms with Gasteiger partial charge in [0.25, 0.3) is 0 Å². The van der Waals surface area contributed by atoms with Crippen LogP contribution in [0.5, 0.6) is 0 Å². The number of aromatic nitrogens is 2. The average molecular weight is 327 g/mol. The zero-order valence-corrected chi connectivity index (χ0v) is 14.4. The van der Waals surface area contributed by atoms with E-state index in [9.17, 15) is 0 Å². The number of aryl methyl sites for hydroxylation is 1. The molecule has 1 unspecified atom stereocenters. The Kier molecular flexibility index (Phi) is 6.38. The Morgan fingerprint density at radius 3 is 2.76 bits per heavy atom. The first kappa shape index (κ1) is 16.6. The minimum absolute atomic E-state index is 0.600. The number of halogens is 2. The molecule has 0 saturated carbocycles. The molecule has 0 aliphatic rings. The van der Waals surface area contributed by atoms with Crippen molar-refractivity contribution in [3.8, 4) is 0 Å². The van der Waals surface area contributed by atoms with Crippen molar-refractivity contribution in [3.05, 3.63) is 29.0 Å². The summed E-state index contributed by atoms with van der Waals surface area (Å²) in [7, 11) is 0. The summed E-state index contributed by atoms with van der Waals surface area (Å²) in [6.45, 7) is 5.53. The molecule has 0 saturated heterocycles. The van der Waals surface area contributed by atoms with Crippen molar-refractivity contribution >= 4 is 34.2 Å². The van der Waals surface area contributed by atoms with E-state index < -0.39 is 0 Å². The molecule has 0 bridgehead atoms. The number of alkyl halides is 1. The third kappa shape index (κ3) is 4.14. The number of fused-ring (bicyclic) bond motifs is 1. The number of hydrogen-bond donors (Lipinski definition) is 0. The molecule has 0 radical (unpaired) electrons. The maximum Gasteiger partial charge on any atom is 0.111 e. The molecule has 0 N–H and O–H groups in total. The van der Waals surface area contributed by atoms with Crippen LogP contribution in [-0.4, -0.2) is 15.4 Å². The van der Waals surface area contributed by atoms with E-state index in [1.54, 1.807) is 0 Å². The van der Waals surface area contributed by atoms with E-state index in [4.69, 9.17) is 28.2 Å². The molecule has 1 aromatic heterocycles. The normalized spacial score (nSPS) is 13.0. The quantitative estimate of drug-likeness (QED) is 0.570. The number of benzene rings is 1. The topological polar surface area (TPSA) is 17.8 Å². The highest BCUT2D eigenvalue weighted by Crippen LogP contribution is 2.24. The van der Waals surface area contributed by atoms with Gasteiger partial charge in [-0.25, -0.2) is 4.98 Å². The molecule has 1 atom stereocenters. The molecular formula is C17H24Cl2N2. The van der Waals surface area contributed by atoms with Gasteiger partial charge in [0.15, 0.2) is 0 Å². The fraction of sp³-hybridized carbons (Fsp3) is 0.588. The predicted molar refractivity (Wildman–Crippen MR) is 92.5 cm³/mol. The first-order valence-electron chi connectivity index (χ1n) is 7.90. The Labute approximate surface area is 137 Å². The minimum Gasteiger partial charge on any atom is -0.328 e. The second-order valence-corrected chi connectivity index (χ2v) is 6.44. The molecule has 1 heterocycles. The van der Waals surface area contributed by atoms with Crippen molar-refractivity contribution in [3.63, 3.8) is 0 Å². The molecule has 116 valence electrons. The van der Waals surface area contributed by atoms with Gasteiger partial charge in [0.2, 0.25) is 0 Å². The molecule has 4 heteroatoms. The van der Waals surface area contributed by atoms with Gasteiger partial charge < -0.3 is 4.57 Å². The van der Waals surface area contributed by atoms with E-state index >= 15 is 0 Å². The van der Waals surface area contributed by atoms with Gasteiger partial charge in [0.05, 0.1) is 11.0 Å². The number of nitrogens with zero attached hydrogens (tertiary/aromatic N) is 2. The summed E-state index contributed by atoms with van der Waals surface area (Å²) >= 11 is 12.1. The molecular weight excluding hydrogens is 303 g/mol. The van der Waals surface area contributed by atoms with Crippen molar-refractivity contribution in [2.75, 3.05) is 5.88 Å². The summed E-state index contributed by atoms with van der Waals surface area (Å²) in [5, 5.41) is 0.766. The van der Waals surface area contributed by atoms with Gasteiger partial charge in [-0.2, -0.15) is 0 Å². The maximum atomic E-state index is 6.16. The predicted octanol–water partition coefficient (Wildman–Crippen LogP) is 5.69. The van der Waals surface area contributed by atoms with Gasteiger partial charge >= 0.3 is 0 Å². The second-order valence-electron chi connectivity index (χ2n) is 5.63. The van der Waals surface area contributed by atoms with E-state index in [1.807, 2.05) is 18.2 Å². The van der Waals surface area contributed by atoms with Crippen molar-refractivity contribution in [1.29, 1.82) is 0 Å². The van der Waals surface area contributed by atoms with E-state index in [1.165, 1.54) is 25.7 Å². The third-order valence-electron chi connectivity index (χ3n) is 4.09. The van der Waals surface area contributed by atoms with Crippen LogP contribution in [0, 0.1) is 5.92 Å². The molecule has 0 aliphatic heterocycles. The monoisotopic (exact) mass is 326 g/mol. The molecule has 0 fully saturated rings. The van der Waals surface area contributed by atoms with E-state index in [-0.39, 0.29) is 0 Å². The van der Waals surface area contributed by atoms with Gasteiger partial charge in [-0.1, -0.05) is 44.7 Å².